The summed E-state index contributed by atoms with van der Waals surface area (Å²) >= 11 is 0. The lowest BCUT2D eigenvalue weighted by molar-refractivity contribution is -0.135. The van der Waals surface area contributed by atoms with Gasteiger partial charge in [-0.3, -0.25) is 9.59 Å². The monoisotopic (exact) mass is 336 g/mol. The number of amides is 1. The summed E-state index contributed by atoms with van der Waals surface area (Å²) < 4.78 is 1.68. The molecule has 1 aromatic carbocycles. The number of rotatable bonds is 4. The van der Waals surface area contributed by atoms with Crippen LogP contribution >= 0.6 is 0 Å². The van der Waals surface area contributed by atoms with Crippen LogP contribution in [0.15, 0.2) is 42.6 Å². The molecule has 0 saturated heterocycles. The van der Waals surface area contributed by atoms with Crippen molar-refractivity contribution < 1.29 is 19.8 Å². The van der Waals surface area contributed by atoms with E-state index in [4.69, 9.17) is 5.11 Å². The Bertz CT molecular complexity index is 1020. The van der Waals surface area contributed by atoms with Crippen LogP contribution in [0, 0.1) is 11.3 Å². The average molecular weight is 336 g/mol. The third kappa shape index (κ3) is 2.86. The minimum absolute atomic E-state index is 0.0536. The van der Waals surface area contributed by atoms with Crippen molar-refractivity contribution in [2.45, 2.75) is 0 Å². The van der Waals surface area contributed by atoms with E-state index in [1.807, 2.05) is 36.4 Å². The molecular weight excluding hydrogens is 324 g/mol. The SMILES string of the molecule is N#Cc1nc(C(=O)NCC(=O)O)c(O)c2ccn(-c3ccccc3)c12. The fourth-order valence-electron chi connectivity index (χ4n) is 2.49. The van der Waals surface area contributed by atoms with Gasteiger partial charge in [0.05, 0.1) is 5.52 Å². The van der Waals surface area contributed by atoms with Crippen LogP contribution in [0.4, 0.5) is 0 Å². The molecule has 2 heterocycles. The van der Waals surface area contributed by atoms with Crippen molar-refractivity contribution >= 4 is 22.8 Å². The third-order valence-corrected chi connectivity index (χ3v) is 3.57. The summed E-state index contributed by atoms with van der Waals surface area (Å²) in [6.45, 7) is -0.620. The van der Waals surface area contributed by atoms with E-state index in [0.29, 0.717) is 5.52 Å². The fraction of sp³-hybridized carbons (Fsp3) is 0.0588. The van der Waals surface area contributed by atoms with E-state index >= 15 is 0 Å². The van der Waals surface area contributed by atoms with Gasteiger partial charge in [-0.1, -0.05) is 18.2 Å². The molecule has 3 aromatic rings. The van der Waals surface area contributed by atoms with Crippen molar-refractivity contribution in [3.8, 4) is 17.5 Å². The van der Waals surface area contributed by atoms with Gasteiger partial charge >= 0.3 is 5.97 Å². The lowest BCUT2D eigenvalue weighted by Gasteiger charge is -2.09. The number of nitrogens with zero attached hydrogens (tertiary/aromatic N) is 3. The first-order valence-electron chi connectivity index (χ1n) is 7.22. The number of pyridine rings is 1. The van der Waals surface area contributed by atoms with Crippen molar-refractivity contribution in [2.75, 3.05) is 6.54 Å². The van der Waals surface area contributed by atoms with Crippen molar-refractivity contribution in [1.82, 2.24) is 14.9 Å². The van der Waals surface area contributed by atoms with Crippen molar-refractivity contribution in [3.05, 3.63) is 54.0 Å². The van der Waals surface area contributed by atoms with Gasteiger partial charge in [0, 0.05) is 17.3 Å². The van der Waals surface area contributed by atoms with Crippen LogP contribution in [-0.4, -0.2) is 38.2 Å². The average Bonchev–Trinajstić information content (AvgIpc) is 3.06. The number of carbonyl (C=O) groups is 2. The summed E-state index contributed by atoms with van der Waals surface area (Å²) in [7, 11) is 0. The summed E-state index contributed by atoms with van der Waals surface area (Å²) in [5.41, 5.74) is 0.678. The minimum Gasteiger partial charge on any atom is -0.505 e. The second-order valence-electron chi connectivity index (χ2n) is 5.13. The number of benzene rings is 1. The Hall–Kier alpha value is -3.86. The highest BCUT2D eigenvalue weighted by atomic mass is 16.4. The molecule has 0 fully saturated rings. The van der Waals surface area contributed by atoms with Crippen molar-refractivity contribution in [3.63, 3.8) is 0 Å². The maximum Gasteiger partial charge on any atom is 0.322 e. The molecule has 0 unspecified atom stereocenters. The van der Waals surface area contributed by atoms with Gasteiger partial charge in [0.25, 0.3) is 5.91 Å². The van der Waals surface area contributed by atoms with Crippen LogP contribution in [0.1, 0.15) is 16.2 Å². The van der Waals surface area contributed by atoms with Gasteiger partial charge in [-0.25, -0.2) is 4.98 Å². The Morgan fingerprint density at radius 1 is 1.24 bits per heavy atom. The lowest BCUT2D eigenvalue weighted by atomic mass is 10.2. The normalized spacial score (nSPS) is 10.4. The molecule has 1 amide bonds. The quantitative estimate of drug-likeness (QED) is 0.661. The van der Waals surface area contributed by atoms with Crippen LogP contribution in [0.5, 0.6) is 5.75 Å². The summed E-state index contributed by atoms with van der Waals surface area (Å²) in [5.74, 6) is -2.51. The van der Waals surface area contributed by atoms with E-state index in [2.05, 4.69) is 10.3 Å². The van der Waals surface area contributed by atoms with E-state index in [9.17, 15) is 20.0 Å². The number of aromatic hydroxyl groups is 1. The number of carboxylic acid groups (broad SMARTS) is 1. The molecule has 0 saturated carbocycles. The smallest absolute Gasteiger partial charge is 0.322 e. The number of hydrogen-bond acceptors (Lipinski definition) is 5. The van der Waals surface area contributed by atoms with Gasteiger partial charge in [-0.2, -0.15) is 5.26 Å². The molecule has 8 nitrogen and oxygen atoms in total. The summed E-state index contributed by atoms with van der Waals surface area (Å²) in [6, 6.07) is 12.6. The summed E-state index contributed by atoms with van der Waals surface area (Å²) in [5, 5.41) is 30.8. The summed E-state index contributed by atoms with van der Waals surface area (Å²) in [4.78, 5) is 26.5. The number of carbonyl (C=O) groups excluding carboxylic acids is 1. The van der Waals surface area contributed by atoms with Gasteiger partial charge in [0.2, 0.25) is 0 Å². The summed E-state index contributed by atoms with van der Waals surface area (Å²) in [6.07, 6.45) is 1.65. The molecule has 0 aliphatic heterocycles. The molecule has 0 bridgehead atoms. The molecule has 0 radical (unpaired) electrons. The number of fused-ring (bicyclic) bond motifs is 1. The van der Waals surface area contributed by atoms with Gasteiger partial charge in [0.15, 0.2) is 17.1 Å². The maximum absolute atomic E-state index is 12.0. The molecule has 8 heteroatoms. The van der Waals surface area contributed by atoms with Crippen molar-refractivity contribution in [1.29, 1.82) is 5.26 Å². The molecule has 0 atom stereocenters. The van der Waals surface area contributed by atoms with E-state index in [1.165, 1.54) is 0 Å². The Balaban J connectivity index is 2.16. The molecular formula is C17H12N4O4. The molecule has 0 aliphatic carbocycles. The highest BCUT2D eigenvalue weighted by Gasteiger charge is 2.22. The van der Waals surface area contributed by atoms with Crippen LogP contribution < -0.4 is 5.32 Å². The predicted octanol–water partition coefficient (Wildman–Crippen LogP) is 1.42. The van der Waals surface area contributed by atoms with Gasteiger partial charge < -0.3 is 20.1 Å². The highest BCUT2D eigenvalue weighted by Crippen LogP contribution is 2.32. The first-order chi connectivity index (χ1) is 12.0. The van der Waals surface area contributed by atoms with Crippen molar-refractivity contribution in [2.24, 2.45) is 0 Å². The molecule has 3 N–H and O–H groups in total. The highest BCUT2D eigenvalue weighted by molar-refractivity contribution is 6.03. The molecule has 3 rings (SSSR count). The zero-order chi connectivity index (χ0) is 18.0. The van der Waals surface area contributed by atoms with Gasteiger partial charge in [0.1, 0.15) is 12.6 Å². The van der Waals surface area contributed by atoms with Gasteiger partial charge in [-0.15, -0.1) is 0 Å². The standard InChI is InChI=1S/C17H12N4O4/c18-8-12-15-11(6-7-21(15)10-4-2-1-3-5-10)16(24)14(20-12)17(25)19-9-13(22)23/h1-7,24H,9H2,(H,19,25)(H,22,23). The first-order valence-corrected chi connectivity index (χ1v) is 7.22. The fourth-order valence-corrected chi connectivity index (χ4v) is 2.49. The Morgan fingerprint density at radius 2 is 1.96 bits per heavy atom. The Kier molecular flexibility index (Phi) is 4.05. The second-order valence-corrected chi connectivity index (χ2v) is 5.13. The van der Waals surface area contributed by atoms with E-state index in [0.717, 1.165) is 5.69 Å². The van der Waals surface area contributed by atoms with Crippen LogP contribution in [0.2, 0.25) is 0 Å². The second kappa shape index (κ2) is 6.33. The number of hydrogen-bond donors (Lipinski definition) is 3. The number of carboxylic acids is 1. The molecule has 2 aromatic heterocycles. The van der Waals surface area contributed by atoms with Gasteiger partial charge in [-0.05, 0) is 18.2 Å². The first kappa shape index (κ1) is 16.0. The third-order valence-electron chi connectivity index (χ3n) is 3.57. The maximum atomic E-state index is 12.0. The largest absolute Gasteiger partial charge is 0.505 e. The molecule has 25 heavy (non-hydrogen) atoms. The molecule has 0 spiro atoms. The zero-order valence-electron chi connectivity index (χ0n) is 12.8. The zero-order valence-corrected chi connectivity index (χ0v) is 12.8. The topological polar surface area (TPSA) is 128 Å². The lowest BCUT2D eigenvalue weighted by Crippen LogP contribution is -2.30. The number of aromatic nitrogens is 2. The van der Waals surface area contributed by atoms with E-state index in [1.54, 1.807) is 16.8 Å². The molecule has 124 valence electrons. The Morgan fingerprint density at radius 3 is 2.60 bits per heavy atom. The number of aliphatic carboxylic acids is 1. The molecule has 0 aliphatic rings. The number of nitriles is 1. The van der Waals surface area contributed by atoms with E-state index < -0.39 is 29.9 Å². The van der Waals surface area contributed by atoms with Crippen LogP contribution in [0.3, 0.4) is 0 Å². The number of para-hydroxylation sites is 1. The Labute approximate surface area is 141 Å². The van der Waals surface area contributed by atoms with E-state index in [-0.39, 0.29) is 11.1 Å². The minimum atomic E-state index is -1.23. The van der Waals surface area contributed by atoms with Crippen LogP contribution in [0.25, 0.3) is 16.6 Å². The van der Waals surface area contributed by atoms with Crippen LogP contribution in [-0.2, 0) is 4.79 Å². The predicted molar refractivity (Wildman–Crippen MR) is 87.4 cm³/mol. The number of nitrogens with one attached hydrogen (secondary N) is 1.